The lowest BCUT2D eigenvalue weighted by atomic mass is 10.0. The van der Waals surface area contributed by atoms with Gasteiger partial charge in [0.15, 0.2) is 0 Å². The van der Waals surface area contributed by atoms with Crippen molar-refractivity contribution in [3.8, 4) is 0 Å². The third-order valence-corrected chi connectivity index (χ3v) is 7.59. The fourth-order valence-corrected chi connectivity index (χ4v) is 4.97. The molecule has 0 heterocycles. The summed E-state index contributed by atoms with van der Waals surface area (Å²) in [4.78, 5) is 12.1. The quantitative estimate of drug-likeness (QED) is 0.0512. The standard InChI is InChI=1S/C35H68O4/c1-3-5-7-9-11-13-15-17-19-21-23-25-27-29-31-38-33-34(32-36)39-35(37)30-28-26-24-22-20-18-16-14-12-10-8-6-4-2/h14,16,34,36H,3-13,15,17-33H2,1-2H3/b16-14-. The summed E-state index contributed by atoms with van der Waals surface area (Å²) in [6.07, 6.45) is 36.7. The molecule has 0 saturated heterocycles. The average Bonchev–Trinajstić information content (AvgIpc) is 2.94. The minimum atomic E-state index is -0.530. The lowest BCUT2D eigenvalue weighted by Crippen LogP contribution is -2.27. The number of unbranched alkanes of at least 4 members (excludes halogenated alkanes) is 22. The van der Waals surface area contributed by atoms with Gasteiger partial charge in [-0.1, -0.05) is 148 Å². The average molecular weight is 553 g/mol. The van der Waals surface area contributed by atoms with E-state index >= 15 is 0 Å². The highest BCUT2D eigenvalue weighted by atomic mass is 16.6. The van der Waals surface area contributed by atoms with E-state index < -0.39 is 6.10 Å². The molecule has 0 bridgehead atoms. The van der Waals surface area contributed by atoms with Gasteiger partial charge >= 0.3 is 5.97 Å². The Morgan fingerprint density at radius 3 is 1.49 bits per heavy atom. The number of carbonyl (C=O) groups excluding carboxylic acids is 1. The van der Waals surface area contributed by atoms with Crippen molar-refractivity contribution in [2.75, 3.05) is 19.8 Å². The predicted octanol–water partition coefficient (Wildman–Crippen LogP) is 10.6. The molecule has 1 N–H and O–H groups in total. The Labute approximate surface area is 244 Å². The summed E-state index contributed by atoms with van der Waals surface area (Å²) in [5.74, 6) is -0.208. The van der Waals surface area contributed by atoms with E-state index in [2.05, 4.69) is 26.0 Å². The second-order valence-corrected chi connectivity index (χ2v) is 11.6. The van der Waals surface area contributed by atoms with E-state index in [1.54, 1.807) is 0 Å². The van der Waals surface area contributed by atoms with Crippen molar-refractivity contribution >= 4 is 5.97 Å². The lowest BCUT2D eigenvalue weighted by molar-refractivity contribution is -0.154. The molecule has 0 aromatic heterocycles. The van der Waals surface area contributed by atoms with Gasteiger partial charge in [-0.15, -0.1) is 0 Å². The van der Waals surface area contributed by atoms with Gasteiger partial charge in [0.1, 0.15) is 6.10 Å². The maximum atomic E-state index is 12.1. The largest absolute Gasteiger partial charge is 0.457 e. The van der Waals surface area contributed by atoms with Crippen molar-refractivity contribution in [2.45, 2.75) is 187 Å². The third-order valence-electron chi connectivity index (χ3n) is 7.59. The van der Waals surface area contributed by atoms with Crippen LogP contribution in [-0.4, -0.2) is 37.0 Å². The van der Waals surface area contributed by atoms with Gasteiger partial charge in [-0.25, -0.2) is 0 Å². The first-order valence-electron chi connectivity index (χ1n) is 17.3. The van der Waals surface area contributed by atoms with Crippen LogP contribution in [0, 0.1) is 0 Å². The molecule has 0 rings (SSSR count). The van der Waals surface area contributed by atoms with Crippen molar-refractivity contribution in [1.29, 1.82) is 0 Å². The van der Waals surface area contributed by atoms with Gasteiger partial charge in [-0.2, -0.15) is 0 Å². The lowest BCUT2D eigenvalue weighted by Gasteiger charge is -2.15. The number of aliphatic hydroxyl groups is 1. The molecular weight excluding hydrogens is 484 g/mol. The SMILES string of the molecule is CCCCCC/C=C\CCCCCCCC(=O)OC(CO)COCCCCCCCCCCCCCCCC. The molecule has 1 unspecified atom stereocenters. The minimum absolute atomic E-state index is 0.170. The van der Waals surface area contributed by atoms with Crippen LogP contribution in [0.2, 0.25) is 0 Å². The molecule has 0 aromatic carbocycles. The minimum Gasteiger partial charge on any atom is -0.457 e. The fourth-order valence-electron chi connectivity index (χ4n) is 4.97. The predicted molar refractivity (Wildman–Crippen MR) is 168 cm³/mol. The monoisotopic (exact) mass is 553 g/mol. The van der Waals surface area contributed by atoms with Gasteiger partial charge in [0.25, 0.3) is 0 Å². The second-order valence-electron chi connectivity index (χ2n) is 11.6. The first kappa shape index (κ1) is 38.1. The Morgan fingerprint density at radius 1 is 0.590 bits per heavy atom. The Bertz CT molecular complexity index is 505. The topological polar surface area (TPSA) is 55.8 Å². The molecule has 4 heteroatoms. The summed E-state index contributed by atoms with van der Waals surface area (Å²) in [6, 6.07) is 0. The highest BCUT2D eigenvalue weighted by Crippen LogP contribution is 2.13. The number of ether oxygens (including phenoxy) is 2. The van der Waals surface area contributed by atoms with Gasteiger partial charge in [-0.3, -0.25) is 4.79 Å². The van der Waals surface area contributed by atoms with E-state index in [4.69, 9.17) is 9.47 Å². The molecule has 232 valence electrons. The summed E-state index contributed by atoms with van der Waals surface area (Å²) in [5.41, 5.74) is 0. The fraction of sp³-hybridized carbons (Fsp3) is 0.914. The van der Waals surface area contributed by atoms with Crippen LogP contribution < -0.4 is 0 Å². The second kappa shape index (κ2) is 33.3. The maximum Gasteiger partial charge on any atom is 0.306 e. The van der Waals surface area contributed by atoms with Crippen molar-refractivity contribution in [3.05, 3.63) is 12.2 Å². The van der Waals surface area contributed by atoms with E-state index in [1.165, 1.54) is 141 Å². The molecule has 0 fully saturated rings. The van der Waals surface area contributed by atoms with E-state index in [1.807, 2.05) is 0 Å². The molecule has 39 heavy (non-hydrogen) atoms. The van der Waals surface area contributed by atoms with Gasteiger partial charge in [0.05, 0.1) is 13.2 Å². The molecule has 1 atom stereocenters. The number of carbonyl (C=O) groups is 1. The number of esters is 1. The van der Waals surface area contributed by atoms with Crippen molar-refractivity contribution < 1.29 is 19.4 Å². The Morgan fingerprint density at radius 2 is 1.00 bits per heavy atom. The van der Waals surface area contributed by atoms with Crippen molar-refractivity contribution in [2.24, 2.45) is 0 Å². The van der Waals surface area contributed by atoms with Crippen LogP contribution in [0.1, 0.15) is 181 Å². The van der Waals surface area contributed by atoms with Gasteiger partial charge in [0.2, 0.25) is 0 Å². The van der Waals surface area contributed by atoms with Crippen LogP contribution in [0.3, 0.4) is 0 Å². The summed E-state index contributed by atoms with van der Waals surface area (Å²) in [6.45, 7) is 5.34. The van der Waals surface area contributed by atoms with E-state index in [-0.39, 0.29) is 12.6 Å². The summed E-state index contributed by atoms with van der Waals surface area (Å²) < 4.78 is 11.1. The molecule has 4 nitrogen and oxygen atoms in total. The molecule has 0 aliphatic carbocycles. The van der Waals surface area contributed by atoms with Crippen LogP contribution in [0.25, 0.3) is 0 Å². The normalized spacial score (nSPS) is 12.4. The van der Waals surface area contributed by atoms with Crippen LogP contribution in [0.5, 0.6) is 0 Å². The first-order chi connectivity index (χ1) is 19.2. The van der Waals surface area contributed by atoms with Crippen molar-refractivity contribution in [3.63, 3.8) is 0 Å². The van der Waals surface area contributed by atoms with Gasteiger partial charge in [0, 0.05) is 13.0 Å². The maximum absolute atomic E-state index is 12.1. The van der Waals surface area contributed by atoms with Crippen LogP contribution in [0.15, 0.2) is 12.2 Å². The molecule has 0 spiro atoms. The molecule has 0 aliphatic heterocycles. The highest BCUT2D eigenvalue weighted by molar-refractivity contribution is 5.69. The number of hydrogen-bond donors (Lipinski definition) is 1. The Kier molecular flexibility index (Phi) is 32.6. The van der Waals surface area contributed by atoms with Gasteiger partial charge in [-0.05, 0) is 38.5 Å². The molecular formula is C35H68O4. The summed E-state index contributed by atoms with van der Waals surface area (Å²) >= 11 is 0. The van der Waals surface area contributed by atoms with E-state index in [0.717, 1.165) is 19.3 Å². The number of aliphatic hydroxyl groups excluding tert-OH is 1. The van der Waals surface area contributed by atoms with Crippen molar-refractivity contribution in [1.82, 2.24) is 0 Å². The molecule has 0 aromatic rings. The van der Waals surface area contributed by atoms with E-state index in [9.17, 15) is 9.90 Å². The zero-order valence-corrected chi connectivity index (χ0v) is 26.4. The Balaban J connectivity index is 3.43. The zero-order valence-electron chi connectivity index (χ0n) is 26.4. The van der Waals surface area contributed by atoms with E-state index in [0.29, 0.717) is 19.6 Å². The Hall–Kier alpha value is -0.870. The van der Waals surface area contributed by atoms with Crippen LogP contribution in [-0.2, 0) is 14.3 Å². The highest BCUT2D eigenvalue weighted by Gasteiger charge is 2.13. The summed E-state index contributed by atoms with van der Waals surface area (Å²) in [7, 11) is 0. The number of rotatable bonds is 32. The molecule has 0 amide bonds. The molecule has 0 saturated carbocycles. The third kappa shape index (κ3) is 31.5. The first-order valence-corrected chi connectivity index (χ1v) is 17.3. The van der Waals surface area contributed by atoms with Crippen LogP contribution in [0.4, 0.5) is 0 Å². The van der Waals surface area contributed by atoms with Gasteiger partial charge < -0.3 is 14.6 Å². The number of allylic oxidation sites excluding steroid dienone is 2. The molecule has 0 aliphatic rings. The zero-order chi connectivity index (χ0) is 28.5. The molecule has 0 radical (unpaired) electrons. The number of hydrogen-bond acceptors (Lipinski definition) is 4. The van der Waals surface area contributed by atoms with Crippen LogP contribution >= 0.6 is 0 Å². The smallest absolute Gasteiger partial charge is 0.306 e. The summed E-state index contributed by atoms with van der Waals surface area (Å²) in [5, 5.41) is 9.52.